The molecule has 7 heteroatoms. The average molecular weight is 461 g/mol. The molecule has 1 aromatic heterocycles. The van der Waals surface area contributed by atoms with Crippen molar-refractivity contribution >= 4 is 22.5 Å². The Hall–Kier alpha value is -3.35. The van der Waals surface area contributed by atoms with Crippen molar-refractivity contribution < 1.29 is 4.79 Å². The topological polar surface area (TPSA) is 67.6 Å². The van der Waals surface area contributed by atoms with Gasteiger partial charge in [-0.15, -0.1) is 0 Å². The van der Waals surface area contributed by atoms with E-state index < -0.39 is 0 Å². The minimum absolute atomic E-state index is 0.0516. The Morgan fingerprint density at radius 2 is 1.50 bits per heavy atom. The summed E-state index contributed by atoms with van der Waals surface area (Å²) in [6.07, 6.45) is 3.38. The van der Waals surface area contributed by atoms with Gasteiger partial charge in [-0.3, -0.25) is 18.7 Å². The van der Waals surface area contributed by atoms with Gasteiger partial charge in [-0.05, 0) is 55.9 Å². The van der Waals surface area contributed by atoms with E-state index in [4.69, 9.17) is 0 Å². The predicted octanol–water partition coefficient (Wildman–Crippen LogP) is 2.86. The fourth-order valence-electron chi connectivity index (χ4n) is 5.56. The highest BCUT2D eigenvalue weighted by molar-refractivity contribution is 5.79. The van der Waals surface area contributed by atoms with E-state index in [0.29, 0.717) is 17.4 Å². The number of rotatable bonds is 4. The Morgan fingerprint density at radius 3 is 2.21 bits per heavy atom. The number of hydrogen-bond acceptors (Lipinski definition) is 4. The molecule has 2 aromatic carbocycles. The van der Waals surface area contributed by atoms with Crippen LogP contribution < -0.4 is 16.1 Å². The molecule has 1 saturated heterocycles. The summed E-state index contributed by atoms with van der Waals surface area (Å²) < 4.78 is 2.94. The van der Waals surface area contributed by atoms with Gasteiger partial charge >= 0.3 is 5.69 Å². The molecular weight excluding hydrogens is 428 g/mol. The van der Waals surface area contributed by atoms with Gasteiger partial charge in [0.05, 0.1) is 10.9 Å². The van der Waals surface area contributed by atoms with Crippen LogP contribution in [0.4, 0.5) is 5.69 Å². The highest BCUT2D eigenvalue weighted by Crippen LogP contribution is 2.31. The maximum atomic E-state index is 13.2. The lowest BCUT2D eigenvalue weighted by Gasteiger charge is -2.38. The first-order valence-corrected chi connectivity index (χ1v) is 12.3. The van der Waals surface area contributed by atoms with Gasteiger partial charge in [0.25, 0.3) is 5.56 Å². The third-order valence-corrected chi connectivity index (χ3v) is 7.61. The number of nitrogens with zero attached hydrogens (tertiary/aromatic N) is 4. The molecule has 2 aliphatic rings. The summed E-state index contributed by atoms with van der Waals surface area (Å²) in [5.74, 6) is 0.561. The molecule has 0 unspecified atom stereocenters. The molecule has 0 N–H and O–H groups in total. The van der Waals surface area contributed by atoms with Gasteiger partial charge in [-0.1, -0.05) is 30.3 Å². The molecule has 1 aliphatic heterocycles. The summed E-state index contributed by atoms with van der Waals surface area (Å²) in [4.78, 5) is 43.3. The van der Waals surface area contributed by atoms with Crippen LogP contribution in [0.1, 0.15) is 25.7 Å². The number of aryl methyl sites for hydroxylation is 1. The molecule has 1 saturated carbocycles. The Balaban J connectivity index is 1.19. The zero-order valence-corrected chi connectivity index (χ0v) is 19.7. The van der Waals surface area contributed by atoms with E-state index in [2.05, 4.69) is 17.0 Å². The average Bonchev–Trinajstić information content (AvgIpc) is 2.90. The van der Waals surface area contributed by atoms with Crippen LogP contribution in [0.3, 0.4) is 0 Å². The van der Waals surface area contributed by atoms with Crippen molar-refractivity contribution in [1.29, 1.82) is 0 Å². The quantitative estimate of drug-likeness (QED) is 0.601. The highest BCUT2D eigenvalue weighted by atomic mass is 16.2. The monoisotopic (exact) mass is 460 g/mol. The summed E-state index contributed by atoms with van der Waals surface area (Å²) in [6, 6.07) is 17.6. The minimum atomic E-state index is -0.266. The summed E-state index contributed by atoms with van der Waals surface area (Å²) in [6.45, 7) is 3.66. The van der Waals surface area contributed by atoms with Crippen LogP contribution in [0.5, 0.6) is 0 Å². The number of anilines is 1. The van der Waals surface area contributed by atoms with Crippen molar-refractivity contribution in [3.63, 3.8) is 0 Å². The molecule has 178 valence electrons. The van der Waals surface area contributed by atoms with Crippen molar-refractivity contribution in [3.05, 3.63) is 75.4 Å². The summed E-state index contributed by atoms with van der Waals surface area (Å²) >= 11 is 0. The first-order chi connectivity index (χ1) is 16.5. The second-order valence-corrected chi connectivity index (χ2v) is 9.64. The number of benzene rings is 2. The molecule has 1 amide bonds. The molecule has 5 rings (SSSR count). The third-order valence-electron chi connectivity index (χ3n) is 7.61. The van der Waals surface area contributed by atoms with E-state index in [1.54, 1.807) is 23.7 Å². The second-order valence-electron chi connectivity index (χ2n) is 9.64. The van der Waals surface area contributed by atoms with E-state index >= 15 is 0 Å². The standard InChI is InChI=1S/C27H32N4O3/c1-28-24-10-6-5-9-23(24)26(33)31(27(28)34)19-20-11-13-21(14-12-20)25(32)30-17-15-29(16-18-30)22-7-3-2-4-8-22/h2-10,20-21H,11-19H2,1H3/t20-,21-. The fraction of sp³-hybridized carbons (Fsp3) is 0.444. The van der Waals surface area contributed by atoms with Crippen LogP contribution in [-0.4, -0.2) is 46.1 Å². The third kappa shape index (κ3) is 4.27. The maximum absolute atomic E-state index is 13.2. The van der Waals surface area contributed by atoms with Crippen molar-refractivity contribution in [2.24, 2.45) is 18.9 Å². The maximum Gasteiger partial charge on any atom is 0.331 e. The van der Waals surface area contributed by atoms with Crippen molar-refractivity contribution in [2.75, 3.05) is 31.1 Å². The smallest absolute Gasteiger partial charge is 0.331 e. The molecule has 0 spiro atoms. The van der Waals surface area contributed by atoms with Crippen molar-refractivity contribution in [2.45, 2.75) is 32.2 Å². The van der Waals surface area contributed by atoms with Crippen LogP contribution in [0.2, 0.25) is 0 Å². The van der Waals surface area contributed by atoms with Crippen LogP contribution in [0.25, 0.3) is 10.9 Å². The number of amides is 1. The van der Waals surface area contributed by atoms with Gasteiger partial charge in [0.2, 0.25) is 5.91 Å². The van der Waals surface area contributed by atoms with Gasteiger partial charge in [-0.2, -0.15) is 0 Å². The van der Waals surface area contributed by atoms with E-state index in [0.717, 1.165) is 51.9 Å². The van der Waals surface area contributed by atoms with Gasteiger partial charge < -0.3 is 9.80 Å². The second kappa shape index (κ2) is 9.49. The molecule has 0 bridgehead atoms. The van der Waals surface area contributed by atoms with Crippen molar-refractivity contribution in [1.82, 2.24) is 14.0 Å². The number of carbonyl (C=O) groups is 1. The Morgan fingerprint density at radius 1 is 0.853 bits per heavy atom. The van der Waals surface area contributed by atoms with Crippen LogP contribution in [-0.2, 0) is 18.4 Å². The van der Waals surface area contributed by atoms with Crippen LogP contribution >= 0.6 is 0 Å². The largest absolute Gasteiger partial charge is 0.368 e. The molecule has 3 aromatic rings. The summed E-state index contributed by atoms with van der Waals surface area (Å²) in [5, 5.41) is 0.572. The first-order valence-electron chi connectivity index (χ1n) is 12.3. The summed E-state index contributed by atoms with van der Waals surface area (Å²) in [7, 11) is 1.72. The fourth-order valence-corrected chi connectivity index (χ4v) is 5.56. The zero-order chi connectivity index (χ0) is 23.7. The molecular formula is C27H32N4O3. The lowest BCUT2D eigenvalue weighted by atomic mass is 9.81. The normalized spacial score (nSPS) is 21.1. The SMILES string of the molecule is Cn1c(=O)n(C[C@H]2CC[C@H](C(=O)N3CCN(c4ccccc4)CC3)CC2)c(=O)c2ccccc21. The minimum Gasteiger partial charge on any atom is -0.368 e. The van der Waals surface area contributed by atoms with Gasteiger partial charge in [0.15, 0.2) is 0 Å². The molecule has 0 radical (unpaired) electrons. The Labute approximate surface area is 199 Å². The lowest BCUT2D eigenvalue weighted by molar-refractivity contribution is -0.137. The van der Waals surface area contributed by atoms with Crippen molar-refractivity contribution in [3.8, 4) is 0 Å². The first kappa shape index (κ1) is 22.4. The van der Waals surface area contributed by atoms with E-state index in [9.17, 15) is 14.4 Å². The molecule has 2 heterocycles. The molecule has 7 nitrogen and oxygen atoms in total. The van der Waals surface area contributed by atoms with Gasteiger partial charge in [0, 0.05) is 51.4 Å². The van der Waals surface area contributed by atoms with Crippen LogP contribution in [0, 0.1) is 11.8 Å². The molecule has 1 aliphatic carbocycles. The van der Waals surface area contributed by atoms with E-state index in [1.165, 1.54) is 10.3 Å². The Bertz CT molecular complexity index is 1280. The van der Waals surface area contributed by atoms with E-state index in [1.807, 2.05) is 35.2 Å². The lowest BCUT2D eigenvalue weighted by Crippen LogP contribution is -2.50. The molecule has 34 heavy (non-hydrogen) atoms. The highest BCUT2D eigenvalue weighted by Gasteiger charge is 2.31. The number of aromatic nitrogens is 2. The number of hydrogen-bond donors (Lipinski definition) is 0. The zero-order valence-electron chi connectivity index (χ0n) is 19.7. The number of carbonyl (C=O) groups excluding carboxylic acids is 1. The predicted molar refractivity (Wildman–Crippen MR) is 134 cm³/mol. The number of piperazine rings is 1. The van der Waals surface area contributed by atoms with Gasteiger partial charge in [-0.25, -0.2) is 4.79 Å². The molecule has 2 fully saturated rings. The summed E-state index contributed by atoms with van der Waals surface area (Å²) in [5.41, 5.74) is 1.40. The molecule has 0 atom stereocenters. The Kier molecular flexibility index (Phi) is 6.26. The van der Waals surface area contributed by atoms with E-state index in [-0.39, 0.29) is 29.0 Å². The number of fused-ring (bicyclic) bond motifs is 1. The van der Waals surface area contributed by atoms with Crippen LogP contribution in [0.15, 0.2) is 64.2 Å². The number of para-hydroxylation sites is 2. The van der Waals surface area contributed by atoms with Gasteiger partial charge in [0.1, 0.15) is 0 Å².